The molecule has 0 unspecified atom stereocenters. The van der Waals surface area contributed by atoms with E-state index in [0.29, 0.717) is 0 Å². The van der Waals surface area contributed by atoms with Crippen molar-refractivity contribution in [3.8, 4) is 0 Å². The van der Waals surface area contributed by atoms with E-state index in [-0.39, 0.29) is 5.62 Å². The molecule has 1 rings (SSSR count). The monoisotopic (exact) mass is 95.0 g/mol. The van der Waals surface area contributed by atoms with Crippen LogP contribution in [-0.4, -0.2) is 15.0 Å². The maximum absolute atomic E-state index is 8.43. The van der Waals surface area contributed by atoms with Crippen molar-refractivity contribution in [1.82, 2.24) is 20.4 Å². The van der Waals surface area contributed by atoms with Crippen molar-refractivity contribution in [2.24, 2.45) is 0 Å². The molecule has 1 N–H and O–H groups in total. The van der Waals surface area contributed by atoms with Crippen LogP contribution in [-0.2, 0) is 0 Å². The number of aromatic nitrogens is 3. The standard InChI is InChI=1S/C3H3N4/c4-3-6-1-5-2-7-3/h1-2H,(H,5,6,7). The van der Waals surface area contributed by atoms with Gasteiger partial charge in [-0.15, -0.1) is 5.41 Å². The number of hydrogen-bond acceptors (Lipinski definition) is 2. The van der Waals surface area contributed by atoms with E-state index >= 15 is 0 Å². The van der Waals surface area contributed by atoms with Gasteiger partial charge in [-0.1, -0.05) is 0 Å². The van der Waals surface area contributed by atoms with E-state index in [1.165, 1.54) is 12.7 Å². The van der Waals surface area contributed by atoms with E-state index in [9.17, 15) is 0 Å². The van der Waals surface area contributed by atoms with Gasteiger partial charge in [0.15, 0.2) is 0 Å². The van der Waals surface area contributed by atoms with E-state index in [1.807, 2.05) is 0 Å². The molecule has 0 aliphatic heterocycles. The molecule has 4 nitrogen and oxygen atoms in total. The average Bonchev–Trinajstić information content (AvgIpc) is 1.69. The first-order chi connectivity index (χ1) is 3.39. The summed E-state index contributed by atoms with van der Waals surface area (Å²) in [7, 11) is 0. The number of rotatable bonds is 0. The molecule has 4 heteroatoms. The van der Waals surface area contributed by atoms with E-state index < -0.39 is 0 Å². The Labute approximate surface area is 39.8 Å². The predicted octanol–water partition coefficient (Wildman–Crippen LogP) is -1.49. The van der Waals surface area contributed by atoms with E-state index in [4.69, 9.17) is 5.41 Å². The van der Waals surface area contributed by atoms with Crippen LogP contribution in [0.15, 0.2) is 12.7 Å². The van der Waals surface area contributed by atoms with Crippen molar-refractivity contribution < 1.29 is 0 Å². The number of nitrogens with zero attached hydrogens (tertiary/aromatic N) is 3. The number of nitrogens with one attached hydrogen (secondary N) is 1. The fourth-order valence-electron chi connectivity index (χ4n) is 0.254. The van der Waals surface area contributed by atoms with Crippen LogP contribution in [0.4, 0.5) is 0 Å². The van der Waals surface area contributed by atoms with Crippen LogP contribution in [0, 0.1) is 0 Å². The number of hydrogen-bond donors (Lipinski definition) is 1. The first-order valence-corrected chi connectivity index (χ1v) is 1.76. The lowest BCUT2D eigenvalue weighted by atomic mass is 11.0. The third-order valence-electron chi connectivity index (χ3n) is 0.515. The van der Waals surface area contributed by atoms with Crippen molar-refractivity contribution >= 4 is 0 Å². The lowest BCUT2D eigenvalue weighted by Crippen LogP contribution is -2.11. The Morgan fingerprint density at radius 2 is 2.57 bits per heavy atom. The minimum absolute atomic E-state index is 0.116. The Morgan fingerprint density at radius 3 is 2.86 bits per heavy atom. The lowest BCUT2D eigenvalue weighted by molar-refractivity contribution is 0.950. The van der Waals surface area contributed by atoms with Crippen molar-refractivity contribution in [3.05, 3.63) is 18.3 Å². The molecule has 0 spiro atoms. The second-order valence-electron chi connectivity index (χ2n) is 0.991. The molecule has 0 aliphatic rings. The minimum atomic E-state index is -0.116. The summed E-state index contributed by atoms with van der Waals surface area (Å²) < 4.78 is 0. The molecule has 0 bridgehead atoms. The Hall–Kier alpha value is -1.19. The van der Waals surface area contributed by atoms with Gasteiger partial charge in [-0.2, -0.15) is 4.98 Å². The zero-order valence-electron chi connectivity index (χ0n) is 3.50. The Bertz CT molecular complexity index is 173. The van der Waals surface area contributed by atoms with Crippen molar-refractivity contribution in [3.63, 3.8) is 0 Å². The van der Waals surface area contributed by atoms with Gasteiger partial charge in [-0.25, -0.2) is 4.98 Å². The SMILES string of the molecule is [N]=c1ncnc[nH]1. The molecule has 1 heterocycles. The van der Waals surface area contributed by atoms with Gasteiger partial charge in [0.1, 0.15) is 6.33 Å². The highest BCUT2D eigenvalue weighted by molar-refractivity contribution is 4.51. The Balaban J connectivity index is 3.28. The zero-order valence-corrected chi connectivity index (χ0v) is 3.50. The number of aromatic amines is 1. The van der Waals surface area contributed by atoms with E-state index in [2.05, 4.69) is 15.0 Å². The van der Waals surface area contributed by atoms with Gasteiger partial charge in [-0.3, -0.25) is 0 Å². The van der Waals surface area contributed by atoms with Crippen molar-refractivity contribution in [2.45, 2.75) is 0 Å². The first-order valence-electron chi connectivity index (χ1n) is 1.76. The third kappa shape index (κ3) is 0.819. The summed E-state index contributed by atoms with van der Waals surface area (Å²) in [6.07, 6.45) is 2.61. The van der Waals surface area contributed by atoms with Crippen molar-refractivity contribution in [1.29, 1.82) is 0 Å². The molecule has 1 radical (unpaired) electrons. The quantitative estimate of drug-likeness (QED) is 0.426. The summed E-state index contributed by atoms with van der Waals surface area (Å²) in [4.78, 5) is 9.25. The summed E-state index contributed by atoms with van der Waals surface area (Å²) in [6.45, 7) is 0. The van der Waals surface area contributed by atoms with Gasteiger partial charge < -0.3 is 4.98 Å². The molecular weight excluding hydrogens is 92.1 g/mol. The van der Waals surface area contributed by atoms with E-state index in [0.717, 1.165) is 0 Å². The predicted molar refractivity (Wildman–Crippen MR) is 21.7 cm³/mol. The second-order valence-corrected chi connectivity index (χ2v) is 0.991. The van der Waals surface area contributed by atoms with Crippen molar-refractivity contribution in [2.75, 3.05) is 0 Å². The zero-order chi connectivity index (χ0) is 5.11. The molecule has 1 aromatic rings. The maximum atomic E-state index is 8.43. The molecule has 0 saturated heterocycles. The highest BCUT2D eigenvalue weighted by atomic mass is 15.0. The summed E-state index contributed by atoms with van der Waals surface area (Å²) in [6, 6.07) is 0. The molecule has 7 heavy (non-hydrogen) atoms. The Kier molecular flexibility index (Phi) is 0.856. The van der Waals surface area contributed by atoms with E-state index in [1.54, 1.807) is 0 Å². The topological polar surface area (TPSA) is 63.9 Å². The van der Waals surface area contributed by atoms with Gasteiger partial charge in [0.2, 0.25) is 5.62 Å². The molecule has 0 aliphatic carbocycles. The Morgan fingerprint density at radius 1 is 1.71 bits per heavy atom. The summed E-state index contributed by atoms with van der Waals surface area (Å²) in [5.74, 6) is 0. The highest BCUT2D eigenvalue weighted by Crippen LogP contribution is 1.48. The second kappa shape index (κ2) is 1.51. The summed E-state index contributed by atoms with van der Waals surface area (Å²) in [5.41, 5.74) is -0.116. The third-order valence-corrected chi connectivity index (χ3v) is 0.515. The van der Waals surface area contributed by atoms with Gasteiger partial charge in [0, 0.05) is 0 Å². The van der Waals surface area contributed by atoms with Gasteiger partial charge in [-0.05, 0) is 0 Å². The van der Waals surface area contributed by atoms with Gasteiger partial charge in [0.25, 0.3) is 0 Å². The van der Waals surface area contributed by atoms with Gasteiger partial charge in [0.05, 0.1) is 6.33 Å². The molecule has 35 valence electrons. The fourth-order valence-corrected chi connectivity index (χ4v) is 0.254. The van der Waals surface area contributed by atoms with Crippen LogP contribution >= 0.6 is 0 Å². The molecule has 0 fully saturated rings. The van der Waals surface area contributed by atoms with Crippen LogP contribution in [0.25, 0.3) is 0 Å². The van der Waals surface area contributed by atoms with Crippen LogP contribution < -0.4 is 11.0 Å². The summed E-state index contributed by atoms with van der Waals surface area (Å²) in [5, 5.41) is 8.43. The van der Waals surface area contributed by atoms with Gasteiger partial charge >= 0.3 is 0 Å². The van der Waals surface area contributed by atoms with Crippen LogP contribution in [0.5, 0.6) is 0 Å². The lowest BCUT2D eigenvalue weighted by Gasteiger charge is -1.74. The molecule has 1 aromatic heterocycles. The van der Waals surface area contributed by atoms with Crippen LogP contribution in [0.1, 0.15) is 0 Å². The molecular formula is C3H3N4. The maximum Gasteiger partial charge on any atom is 0.249 e. The van der Waals surface area contributed by atoms with Crippen LogP contribution in [0.3, 0.4) is 0 Å². The highest BCUT2D eigenvalue weighted by Gasteiger charge is 1.68. The normalized spacial score (nSPS) is 8.57. The largest absolute Gasteiger partial charge is 0.313 e. The molecule has 0 saturated carbocycles. The first kappa shape index (κ1) is 3.98. The molecule has 0 atom stereocenters. The fraction of sp³-hybridized carbons (Fsp3) is 0. The molecule has 0 aromatic carbocycles. The smallest absolute Gasteiger partial charge is 0.249 e. The number of H-pyrrole nitrogens is 1. The minimum Gasteiger partial charge on any atom is -0.313 e. The average molecular weight is 95.1 g/mol. The molecule has 0 amide bonds. The van der Waals surface area contributed by atoms with Crippen LogP contribution in [0.2, 0.25) is 0 Å². The summed E-state index contributed by atoms with van der Waals surface area (Å²) >= 11 is 0.